The lowest BCUT2D eigenvalue weighted by Crippen LogP contribution is -2.49. The van der Waals surface area contributed by atoms with Crippen molar-refractivity contribution in [2.75, 3.05) is 36.0 Å². The van der Waals surface area contributed by atoms with Crippen LogP contribution in [-0.4, -0.2) is 95.6 Å². The van der Waals surface area contributed by atoms with E-state index in [4.69, 9.17) is 11.6 Å². The predicted molar refractivity (Wildman–Crippen MR) is 261 cm³/mol. The van der Waals surface area contributed by atoms with Crippen molar-refractivity contribution in [1.82, 2.24) is 20.4 Å². The van der Waals surface area contributed by atoms with Crippen molar-refractivity contribution in [3.63, 3.8) is 0 Å². The number of hydrogen-bond acceptors (Lipinski definition) is 6. The maximum absolute atomic E-state index is 13.7. The van der Waals surface area contributed by atoms with E-state index in [0.29, 0.717) is 68.0 Å². The molecule has 65 heavy (non-hydrogen) atoms. The van der Waals surface area contributed by atoms with Gasteiger partial charge in [0.1, 0.15) is 0 Å². The van der Waals surface area contributed by atoms with Gasteiger partial charge in [0, 0.05) is 91.0 Å². The van der Waals surface area contributed by atoms with E-state index >= 15 is 0 Å². The highest BCUT2D eigenvalue weighted by Gasteiger charge is 2.41. The molecule has 2 aliphatic heterocycles. The van der Waals surface area contributed by atoms with Crippen LogP contribution in [0.5, 0.6) is 0 Å². The number of nitrogens with zero attached hydrogens (tertiary/aromatic N) is 4. The van der Waals surface area contributed by atoms with E-state index in [9.17, 15) is 28.8 Å². The fourth-order valence-corrected chi connectivity index (χ4v) is 10.5. The molecule has 0 spiro atoms. The van der Waals surface area contributed by atoms with Crippen LogP contribution >= 0.6 is 11.6 Å². The van der Waals surface area contributed by atoms with Crippen molar-refractivity contribution in [2.45, 2.75) is 183 Å². The predicted octanol–water partition coefficient (Wildman–Crippen LogP) is 9.28. The molecule has 2 heterocycles. The van der Waals surface area contributed by atoms with E-state index < -0.39 is 10.8 Å². The second-order valence-electron chi connectivity index (χ2n) is 20.4. The minimum Gasteiger partial charge on any atom is -0.354 e. The van der Waals surface area contributed by atoms with E-state index in [1.54, 1.807) is 22.8 Å². The summed E-state index contributed by atoms with van der Waals surface area (Å²) in [6.45, 7) is 21.1. The van der Waals surface area contributed by atoms with Crippen molar-refractivity contribution in [1.29, 1.82) is 0 Å². The molecule has 4 aliphatic rings. The topological polar surface area (TPSA) is 139 Å². The first-order valence-corrected chi connectivity index (χ1v) is 24.9. The summed E-state index contributed by atoms with van der Waals surface area (Å²) in [5, 5.41) is 6.15. The molecule has 0 unspecified atom stereocenters. The molecule has 0 atom stereocenters. The van der Waals surface area contributed by atoms with E-state index in [0.717, 1.165) is 61.0 Å². The van der Waals surface area contributed by atoms with Crippen LogP contribution in [0, 0.1) is 10.8 Å². The summed E-state index contributed by atoms with van der Waals surface area (Å²) in [6, 6.07) is 10.2. The average Bonchev–Trinajstić information content (AvgIpc) is 3.26. The summed E-state index contributed by atoms with van der Waals surface area (Å²) >= 11 is 6.68. The third-order valence-corrected chi connectivity index (χ3v) is 14.0. The molecule has 358 valence electrons. The van der Waals surface area contributed by atoms with Gasteiger partial charge in [0.05, 0.1) is 10.6 Å². The van der Waals surface area contributed by atoms with Crippen molar-refractivity contribution in [2.24, 2.45) is 10.8 Å². The number of amides is 6. The summed E-state index contributed by atoms with van der Waals surface area (Å²) in [5.41, 5.74) is 3.55. The number of rotatable bonds is 14. The quantitative estimate of drug-likeness (QED) is 0.194. The summed E-state index contributed by atoms with van der Waals surface area (Å²) in [6.07, 6.45) is 13.3. The molecule has 13 heteroatoms. The Bertz CT molecular complexity index is 2050. The first-order chi connectivity index (χ1) is 30.7. The normalized spacial score (nSPS) is 18.4. The molecule has 2 N–H and O–H groups in total. The smallest absolute Gasteiger partial charge is 0.255 e. The lowest BCUT2D eigenvalue weighted by Gasteiger charge is -2.40. The number of benzene rings is 2. The number of nitrogens with one attached hydrogen (secondary N) is 2. The molecule has 12 nitrogen and oxygen atoms in total. The van der Waals surface area contributed by atoms with Crippen LogP contribution in [-0.2, 0) is 32.0 Å². The largest absolute Gasteiger partial charge is 0.354 e. The minimum absolute atomic E-state index is 0.00512. The zero-order valence-corrected chi connectivity index (χ0v) is 41.8. The fraction of sp³-hybridized carbons (Fsp3) is 0.654. The van der Waals surface area contributed by atoms with Gasteiger partial charge in [-0.1, -0.05) is 97.7 Å². The van der Waals surface area contributed by atoms with Crippen LogP contribution in [0.1, 0.15) is 178 Å². The van der Waals surface area contributed by atoms with Crippen LogP contribution in [0.25, 0.3) is 0 Å². The van der Waals surface area contributed by atoms with Crippen LogP contribution in [0.3, 0.4) is 0 Å². The summed E-state index contributed by atoms with van der Waals surface area (Å²) < 4.78 is 0. The highest BCUT2D eigenvalue weighted by molar-refractivity contribution is 6.34. The SMILES string of the molecule is CCC(=O)NCCN1C(=O)C(C)(C)Cc2cc(Cl)c(C(=O)N(C(C)C)C3CCCCC3)cc21.CCC(=O)NCCN1C(=O)C(C)(C)Cc2ccc(C(=O)N(C(C)C)C3CCCCC3)cc21. The van der Waals surface area contributed by atoms with Crippen molar-refractivity contribution in [3.8, 4) is 0 Å². The highest BCUT2D eigenvalue weighted by atomic mass is 35.5. The molecule has 0 bridgehead atoms. The Morgan fingerprint density at radius 1 is 0.646 bits per heavy atom. The van der Waals surface area contributed by atoms with Gasteiger partial charge in [-0.05, 0) is 102 Å². The second-order valence-corrected chi connectivity index (χ2v) is 20.8. The molecular weight excluding hydrogens is 840 g/mol. The van der Waals surface area contributed by atoms with Crippen LogP contribution in [0.15, 0.2) is 30.3 Å². The van der Waals surface area contributed by atoms with Gasteiger partial charge in [-0.25, -0.2) is 0 Å². The zero-order valence-electron chi connectivity index (χ0n) is 41.0. The first-order valence-electron chi connectivity index (χ1n) is 24.5. The van der Waals surface area contributed by atoms with Gasteiger partial charge in [-0.2, -0.15) is 0 Å². The van der Waals surface area contributed by atoms with E-state index in [1.807, 2.05) is 82.5 Å². The van der Waals surface area contributed by atoms with Gasteiger partial charge < -0.3 is 30.2 Å². The molecule has 2 fully saturated rings. The average molecular weight is 918 g/mol. The summed E-state index contributed by atoms with van der Waals surface area (Å²) in [5.74, 6) is -0.0702. The molecule has 6 rings (SSSR count). The molecule has 2 aromatic carbocycles. The number of hydrogen-bond donors (Lipinski definition) is 2. The molecule has 6 amide bonds. The Kier molecular flexibility index (Phi) is 17.7. The number of halogens is 1. The Balaban J connectivity index is 0.000000244. The third-order valence-electron chi connectivity index (χ3n) is 13.7. The van der Waals surface area contributed by atoms with Gasteiger partial charge in [0.2, 0.25) is 23.6 Å². The van der Waals surface area contributed by atoms with Gasteiger partial charge in [0.25, 0.3) is 11.8 Å². The van der Waals surface area contributed by atoms with Crippen LogP contribution in [0.4, 0.5) is 11.4 Å². The summed E-state index contributed by atoms with van der Waals surface area (Å²) in [4.78, 5) is 84.7. The first kappa shape index (κ1) is 51.5. The number of carbonyl (C=O) groups excluding carboxylic acids is 6. The monoisotopic (exact) mass is 917 g/mol. The van der Waals surface area contributed by atoms with E-state index in [1.165, 1.54) is 25.7 Å². The maximum Gasteiger partial charge on any atom is 0.255 e. The lowest BCUT2D eigenvalue weighted by atomic mass is 9.79. The van der Waals surface area contributed by atoms with E-state index in [2.05, 4.69) is 24.5 Å². The molecule has 0 radical (unpaired) electrons. The summed E-state index contributed by atoms with van der Waals surface area (Å²) in [7, 11) is 0. The van der Waals surface area contributed by atoms with E-state index in [-0.39, 0.29) is 59.6 Å². The molecule has 2 saturated carbocycles. The lowest BCUT2D eigenvalue weighted by molar-refractivity contribution is -0.127. The maximum atomic E-state index is 13.7. The Morgan fingerprint density at radius 2 is 1.08 bits per heavy atom. The standard InChI is InChI=1S/C26H38ClN3O3.C26H39N3O3/c1-6-23(31)28-12-13-29-22-15-20(21(27)14-18(22)16-26(4,5)25(29)33)24(32)30(17(2)3)19-10-8-7-9-11-19;1-6-23(30)27-14-15-28-22-16-19(12-13-20(22)17-26(4,5)25(28)32)24(31)29(18(2)3)21-10-8-7-9-11-21/h14-15,17,19H,6-13,16H2,1-5H3,(H,28,31);12-13,16,18,21H,6-11,14-15,17H2,1-5H3,(H,27,30). The Morgan fingerprint density at radius 3 is 1.52 bits per heavy atom. The van der Waals surface area contributed by atoms with Gasteiger partial charge in [-0.15, -0.1) is 0 Å². The Labute approximate surface area is 393 Å². The van der Waals surface area contributed by atoms with Crippen molar-refractivity contribution in [3.05, 3.63) is 57.6 Å². The number of fused-ring (bicyclic) bond motifs is 2. The van der Waals surface area contributed by atoms with Crippen LogP contribution < -0.4 is 20.4 Å². The molecule has 2 aliphatic carbocycles. The molecule has 0 aromatic heterocycles. The molecule has 2 aromatic rings. The van der Waals surface area contributed by atoms with Gasteiger partial charge >= 0.3 is 0 Å². The number of anilines is 2. The van der Waals surface area contributed by atoms with Gasteiger partial charge in [-0.3, -0.25) is 28.8 Å². The Hall–Kier alpha value is -4.45. The van der Waals surface area contributed by atoms with Crippen molar-refractivity contribution < 1.29 is 28.8 Å². The molecule has 0 saturated heterocycles. The van der Waals surface area contributed by atoms with Crippen molar-refractivity contribution >= 4 is 58.4 Å². The molecular formula is C52H77ClN6O6. The fourth-order valence-electron chi connectivity index (χ4n) is 10.3. The highest BCUT2D eigenvalue weighted by Crippen LogP contribution is 2.41. The van der Waals surface area contributed by atoms with Gasteiger partial charge in [0.15, 0.2) is 0 Å². The third kappa shape index (κ3) is 12.3. The minimum atomic E-state index is -0.581. The number of carbonyl (C=O) groups is 6. The second kappa shape index (κ2) is 22.4. The zero-order chi connectivity index (χ0) is 47.8. The van der Waals surface area contributed by atoms with Crippen LogP contribution in [0.2, 0.25) is 5.02 Å².